The summed E-state index contributed by atoms with van der Waals surface area (Å²) in [6.45, 7) is 24.9. The maximum atomic E-state index is 6.88. The SMILES string of the molecule is CCc1cc(C)cc(CC)c1-c1c(C)nn(-c2cc(Oc3ccc4c5ccccc5n(-c5cccc(C(C)CCC(C)C)c5)c4c3)cc(C(C)(C)C)c2)c1C. The normalized spacial score (nSPS) is 12.7. The van der Waals surface area contributed by atoms with Crippen molar-refractivity contribution in [2.24, 2.45) is 5.92 Å². The van der Waals surface area contributed by atoms with Crippen molar-refractivity contribution in [1.29, 1.82) is 0 Å². The van der Waals surface area contributed by atoms with Gasteiger partial charge in [-0.25, -0.2) is 4.68 Å². The molecule has 0 amide bonds. The van der Waals surface area contributed by atoms with Crippen LogP contribution in [-0.2, 0) is 18.3 Å². The van der Waals surface area contributed by atoms with Gasteiger partial charge in [-0.2, -0.15) is 5.10 Å². The zero-order chi connectivity index (χ0) is 39.2. The number of aryl methyl sites for hydroxylation is 4. The van der Waals surface area contributed by atoms with Crippen LogP contribution >= 0.6 is 0 Å². The fourth-order valence-corrected chi connectivity index (χ4v) is 8.42. The van der Waals surface area contributed by atoms with Crippen molar-refractivity contribution in [3.05, 3.63) is 136 Å². The highest BCUT2D eigenvalue weighted by Crippen LogP contribution is 2.40. The minimum Gasteiger partial charge on any atom is -0.457 e. The van der Waals surface area contributed by atoms with E-state index in [4.69, 9.17) is 9.84 Å². The molecule has 55 heavy (non-hydrogen) atoms. The van der Waals surface area contributed by atoms with Crippen molar-refractivity contribution in [2.45, 2.75) is 113 Å². The number of aromatic nitrogens is 3. The Hall–Kier alpha value is -5.09. The van der Waals surface area contributed by atoms with Crippen LogP contribution in [0.5, 0.6) is 11.5 Å². The second-order valence-corrected chi connectivity index (χ2v) is 17.2. The van der Waals surface area contributed by atoms with Crippen LogP contribution in [0.3, 0.4) is 0 Å². The summed E-state index contributed by atoms with van der Waals surface area (Å²) in [4.78, 5) is 0. The highest BCUT2D eigenvalue weighted by atomic mass is 16.5. The summed E-state index contributed by atoms with van der Waals surface area (Å²) < 4.78 is 11.4. The van der Waals surface area contributed by atoms with Gasteiger partial charge in [-0.1, -0.05) is 110 Å². The van der Waals surface area contributed by atoms with Crippen LogP contribution in [0.1, 0.15) is 113 Å². The first-order valence-electron chi connectivity index (χ1n) is 20.4. The van der Waals surface area contributed by atoms with E-state index in [-0.39, 0.29) is 5.41 Å². The highest BCUT2D eigenvalue weighted by Gasteiger charge is 2.23. The maximum absolute atomic E-state index is 6.88. The summed E-state index contributed by atoms with van der Waals surface area (Å²) in [5, 5.41) is 7.67. The Labute approximate surface area is 329 Å². The van der Waals surface area contributed by atoms with Gasteiger partial charge in [-0.15, -0.1) is 0 Å². The van der Waals surface area contributed by atoms with E-state index in [0.717, 1.165) is 46.9 Å². The molecule has 0 aliphatic heterocycles. The third kappa shape index (κ3) is 7.49. The molecule has 0 aliphatic rings. The molecule has 1 atom stereocenters. The van der Waals surface area contributed by atoms with Crippen molar-refractivity contribution >= 4 is 21.8 Å². The molecule has 0 bridgehead atoms. The average Bonchev–Trinajstić information content (AvgIpc) is 3.65. The fraction of sp³-hybridized carbons (Fsp3) is 0.353. The second-order valence-electron chi connectivity index (χ2n) is 17.2. The van der Waals surface area contributed by atoms with Crippen LogP contribution in [0.2, 0.25) is 0 Å². The Morgan fingerprint density at radius 2 is 1.36 bits per heavy atom. The van der Waals surface area contributed by atoms with Crippen molar-refractivity contribution < 1.29 is 4.74 Å². The van der Waals surface area contributed by atoms with Gasteiger partial charge >= 0.3 is 0 Å². The molecular formula is C51H59N3O. The summed E-state index contributed by atoms with van der Waals surface area (Å²) >= 11 is 0. The fourth-order valence-electron chi connectivity index (χ4n) is 8.42. The number of benzene rings is 5. The minimum absolute atomic E-state index is 0.0948. The van der Waals surface area contributed by atoms with Crippen molar-refractivity contribution in [3.8, 4) is 34.0 Å². The molecule has 4 heteroatoms. The predicted octanol–water partition coefficient (Wildman–Crippen LogP) is 14.3. The van der Waals surface area contributed by atoms with Gasteiger partial charge in [0.15, 0.2) is 0 Å². The van der Waals surface area contributed by atoms with Crippen LogP contribution < -0.4 is 4.74 Å². The van der Waals surface area contributed by atoms with E-state index in [1.165, 1.54) is 73.8 Å². The molecule has 2 heterocycles. The Bertz CT molecular complexity index is 2480. The molecule has 0 radical (unpaired) electrons. The van der Waals surface area contributed by atoms with Gasteiger partial charge in [0.05, 0.1) is 22.4 Å². The van der Waals surface area contributed by atoms with Gasteiger partial charge in [0.2, 0.25) is 0 Å². The molecule has 4 nitrogen and oxygen atoms in total. The minimum atomic E-state index is -0.0948. The van der Waals surface area contributed by atoms with E-state index in [2.05, 4.69) is 182 Å². The predicted molar refractivity (Wildman–Crippen MR) is 234 cm³/mol. The van der Waals surface area contributed by atoms with Crippen molar-refractivity contribution in [3.63, 3.8) is 0 Å². The highest BCUT2D eigenvalue weighted by molar-refractivity contribution is 6.09. The third-order valence-corrected chi connectivity index (χ3v) is 11.5. The maximum Gasteiger partial charge on any atom is 0.129 e. The number of hydrogen-bond donors (Lipinski definition) is 0. The van der Waals surface area contributed by atoms with Crippen LogP contribution in [-0.4, -0.2) is 14.3 Å². The quantitative estimate of drug-likeness (QED) is 0.133. The van der Waals surface area contributed by atoms with Gasteiger partial charge in [0.1, 0.15) is 11.5 Å². The molecule has 0 N–H and O–H groups in total. The molecule has 1 unspecified atom stereocenters. The Morgan fingerprint density at radius 3 is 2.05 bits per heavy atom. The zero-order valence-electron chi connectivity index (χ0n) is 35.0. The lowest BCUT2D eigenvalue weighted by Gasteiger charge is -2.22. The number of fused-ring (bicyclic) bond motifs is 3. The van der Waals surface area contributed by atoms with Crippen LogP contribution in [0.15, 0.2) is 97.1 Å². The number of hydrogen-bond acceptors (Lipinski definition) is 2. The molecule has 0 fully saturated rings. The topological polar surface area (TPSA) is 32.0 Å². The van der Waals surface area contributed by atoms with Gasteiger partial charge in [-0.3, -0.25) is 0 Å². The standard InChI is InChI=1S/C51H59N3O/c1-12-37-25-33(5)26-38(13-2)50(37)49-35(7)52-54(36(49)8)42-28-40(51(9,10)11)29-44(30-42)55-43-23-24-46-45-19-14-15-20-47(45)53(48(46)31-43)41-18-16-17-39(27-41)34(6)22-21-32(3)4/h14-20,23-32,34H,12-13,21-22H2,1-11H3. The number of nitrogens with zero attached hydrogens (tertiary/aromatic N) is 3. The summed E-state index contributed by atoms with van der Waals surface area (Å²) in [5.74, 6) is 2.81. The second kappa shape index (κ2) is 15.2. The molecule has 7 aromatic rings. The summed E-state index contributed by atoms with van der Waals surface area (Å²) in [7, 11) is 0. The monoisotopic (exact) mass is 729 g/mol. The van der Waals surface area contributed by atoms with Crippen molar-refractivity contribution in [1.82, 2.24) is 14.3 Å². The van der Waals surface area contributed by atoms with E-state index < -0.39 is 0 Å². The summed E-state index contributed by atoms with van der Waals surface area (Å²) in [6.07, 6.45) is 4.38. The smallest absolute Gasteiger partial charge is 0.129 e. The zero-order valence-corrected chi connectivity index (χ0v) is 35.0. The summed E-state index contributed by atoms with van der Waals surface area (Å²) in [6, 6.07) is 35.7. The summed E-state index contributed by atoms with van der Waals surface area (Å²) in [5.41, 5.74) is 15.9. The van der Waals surface area contributed by atoms with E-state index in [1.807, 2.05) is 0 Å². The lowest BCUT2D eigenvalue weighted by atomic mass is 9.86. The molecule has 7 rings (SSSR count). The van der Waals surface area contributed by atoms with Gasteiger partial charge in [0, 0.05) is 39.8 Å². The van der Waals surface area contributed by atoms with Crippen LogP contribution in [0.25, 0.3) is 44.3 Å². The van der Waals surface area contributed by atoms with E-state index in [9.17, 15) is 0 Å². The Balaban J connectivity index is 1.33. The molecule has 0 saturated carbocycles. The van der Waals surface area contributed by atoms with Crippen molar-refractivity contribution in [2.75, 3.05) is 0 Å². The average molecular weight is 730 g/mol. The molecule has 284 valence electrons. The molecule has 5 aromatic carbocycles. The van der Waals surface area contributed by atoms with Crippen LogP contribution in [0, 0.1) is 26.7 Å². The van der Waals surface area contributed by atoms with Gasteiger partial charge in [0.25, 0.3) is 0 Å². The molecule has 0 spiro atoms. The van der Waals surface area contributed by atoms with Crippen LogP contribution in [0.4, 0.5) is 0 Å². The molecule has 0 saturated heterocycles. The number of rotatable bonds is 11. The lowest BCUT2D eigenvalue weighted by Crippen LogP contribution is -2.12. The third-order valence-electron chi connectivity index (χ3n) is 11.5. The van der Waals surface area contributed by atoms with Gasteiger partial charge < -0.3 is 9.30 Å². The molecule has 2 aromatic heterocycles. The molecular weight excluding hydrogens is 671 g/mol. The first-order valence-corrected chi connectivity index (χ1v) is 20.4. The number of para-hydroxylation sites is 1. The lowest BCUT2D eigenvalue weighted by molar-refractivity contribution is 0.478. The first-order chi connectivity index (χ1) is 26.3. The van der Waals surface area contributed by atoms with E-state index in [1.54, 1.807) is 0 Å². The van der Waals surface area contributed by atoms with Gasteiger partial charge in [-0.05, 0) is 128 Å². The number of ether oxygens (including phenoxy) is 1. The van der Waals surface area contributed by atoms with E-state index in [0.29, 0.717) is 11.8 Å². The Kier molecular flexibility index (Phi) is 10.6. The largest absolute Gasteiger partial charge is 0.457 e. The Morgan fingerprint density at radius 1 is 0.655 bits per heavy atom. The van der Waals surface area contributed by atoms with E-state index >= 15 is 0 Å². The molecule has 0 aliphatic carbocycles. The first kappa shape index (κ1) is 38.2.